The molecule has 2 aromatic heterocycles. The molecule has 4 heterocycles. The van der Waals surface area contributed by atoms with Gasteiger partial charge in [0.1, 0.15) is 40.2 Å². The minimum atomic E-state index is -0.606. The SMILES string of the molecule is CN1CC[C@H](c2c(O)cc(O)c3c(=O)cc(-c4ccccc4Cl)oc23)[C@H](OC(=O)C2CCN(c3ccnc(N(C)C)c3)CC2)C1. The van der Waals surface area contributed by atoms with Crippen LogP contribution in [0.25, 0.3) is 22.3 Å². The maximum absolute atomic E-state index is 13.6. The Morgan fingerprint density at radius 1 is 1.04 bits per heavy atom. The molecule has 0 bridgehead atoms. The summed E-state index contributed by atoms with van der Waals surface area (Å²) in [5.41, 5.74) is 1.51. The number of aromatic nitrogens is 1. The standard InChI is InChI=1S/C34H37ClN4O6/c1-37(2)30-16-21(8-12-36-30)39-14-9-20(10-15-39)34(43)45-29-19-38(3)13-11-23(29)31-25(40)17-26(41)32-27(42)18-28(44-33(31)32)22-6-4-5-7-24(22)35/h4-8,12,16-18,20,23,29,40-41H,9-11,13-15,19H2,1-3H3/t23-,29+/m0/s1. The molecule has 45 heavy (non-hydrogen) atoms. The van der Waals surface area contributed by atoms with Gasteiger partial charge in [-0.25, -0.2) is 4.98 Å². The Morgan fingerprint density at radius 3 is 2.53 bits per heavy atom. The van der Waals surface area contributed by atoms with E-state index in [1.807, 2.05) is 38.2 Å². The van der Waals surface area contributed by atoms with E-state index in [0.717, 1.165) is 17.6 Å². The Morgan fingerprint density at radius 2 is 1.80 bits per heavy atom. The van der Waals surface area contributed by atoms with Crippen LogP contribution in [-0.2, 0) is 9.53 Å². The average molecular weight is 633 g/mol. The highest BCUT2D eigenvalue weighted by Crippen LogP contribution is 2.44. The lowest BCUT2D eigenvalue weighted by atomic mass is 9.85. The molecule has 4 aromatic rings. The third-order valence-corrected chi connectivity index (χ3v) is 9.25. The van der Waals surface area contributed by atoms with Crippen LogP contribution in [0.15, 0.2) is 63.9 Å². The van der Waals surface area contributed by atoms with Gasteiger partial charge in [0.15, 0.2) is 5.43 Å². The van der Waals surface area contributed by atoms with E-state index in [-0.39, 0.29) is 40.1 Å². The number of hydrogen-bond acceptors (Lipinski definition) is 10. The zero-order chi connectivity index (χ0) is 31.8. The fourth-order valence-corrected chi connectivity index (χ4v) is 6.69. The van der Waals surface area contributed by atoms with Gasteiger partial charge in [0, 0.05) is 80.9 Å². The third kappa shape index (κ3) is 6.17. The number of pyridine rings is 1. The number of anilines is 2. The summed E-state index contributed by atoms with van der Waals surface area (Å²) in [6.07, 6.45) is 3.03. The second-order valence-corrected chi connectivity index (χ2v) is 12.6. The summed E-state index contributed by atoms with van der Waals surface area (Å²) in [6, 6.07) is 13.5. The van der Waals surface area contributed by atoms with E-state index >= 15 is 0 Å². The quantitative estimate of drug-likeness (QED) is 0.273. The van der Waals surface area contributed by atoms with Crippen LogP contribution in [0.5, 0.6) is 11.5 Å². The zero-order valence-electron chi connectivity index (χ0n) is 25.6. The second kappa shape index (κ2) is 12.6. The Hall–Kier alpha value is -4.28. The highest BCUT2D eigenvalue weighted by molar-refractivity contribution is 6.33. The van der Waals surface area contributed by atoms with Crippen molar-refractivity contribution in [2.45, 2.75) is 31.3 Å². The Bertz CT molecular complexity index is 1780. The Kier molecular flexibility index (Phi) is 8.61. The number of carbonyl (C=O) groups is 1. The van der Waals surface area contributed by atoms with Crippen LogP contribution in [-0.4, -0.2) is 79.5 Å². The Balaban J connectivity index is 1.27. The predicted molar refractivity (Wildman–Crippen MR) is 174 cm³/mol. The molecule has 6 rings (SSSR count). The third-order valence-electron chi connectivity index (χ3n) is 8.92. The second-order valence-electron chi connectivity index (χ2n) is 12.1. The number of fused-ring (bicyclic) bond motifs is 1. The van der Waals surface area contributed by atoms with Crippen molar-refractivity contribution in [3.05, 3.63) is 75.5 Å². The number of likely N-dealkylation sites (tertiary alicyclic amines) is 1. The van der Waals surface area contributed by atoms with Gasteiger partial charge in [0.25, 0.3) is 0 Å². The summed E-state index contributed by atoms with van der Waals surface area (Å²) in [6.45, 7) is 2.54. The number of halogens is 1. The fraction of sp³-hybridized carbons (Fsp3) is 0.382. The van der Waals surface area contributed by atoms with Crippen LogP contribution in [0.3, 0.4) is 0 Å². The summed E-state index contributed by atoms with van der Waals surface area (Å²) in [7, 11) is 5.86. The summed E-state index contributed by atoms with van der Waals surface area (Å²) < 4.78 is 12.5. The molecular formula is C34H37ClN4O6. The average Bonchev–Trinajstić information content (AvgIpc) is 3.02. The molecule has 0 unspecified atom stereocenters. The van der Waals surface area contributed by atoms with Crippen molar-refractivity contribution in [1.82, 2.24) is 9.88 Å². The van der Waals surface area contributed by atoms with E-state index in [0.29, 0.717) is 61.6 Å². The van der Waals surface area contributed by atoms with Crippen LogP contribution in [0, 0.1) is 5.92 Å². The fourth-order valence-electron chi connectivity index (χ4n) is 6.46. The van der Waals surface area contributed by atoms with E-state index < -0.39 is 17.5 Å². The van der Waals surface area contributed by atoms with Gasteiger partial charge in [-0.05, 0) is 51.1 Å². The van der Waals surface area contributed by atoms with Crippen molar-refractivity contribution in [1.29, 1.82) is 0 Å². The van der Waals surface area contributed by atoms with E-state index in [1.165, 1.54) is 6.07 Å². The van der Waals surface area contributed by atoms with E-state index in [2.05, 4.69) is 14.8 Å². The van der Waals surface area contributed by atoms with Crippen LogP contribution in [0.4, 0.5) is 11.5 Å². The molecule has 0 amide bonds. The first kappa shape index (κ1) is 30.7. The van der Waals surface area contributed by atoms with Crippen molar-refractivity contribution in [3.63, 3.8) is 0 Å². The molecule has 2 fully saturated rings. The summed E-state index contributed by atoms with van der Waals surface area (Å²) in [4.78, 5) is 37.6. The molecule has 2 saturated heterocycles. The van der Waals surface area contributed by atoms with Crippen molar-refractivity contribution in [2.24, 2.45) is 5.92 Å². The van der Waals surface area contributed by atoms with E-state index in [9.17, 15) is 19.8 Å². The molecule has 0 spiro atoms. The van der Waals surface area contributed by atoms with Crippen LogP contribution < -0.4 is 15.2 Å². The summed E-state index contributed by atoms with van der Waals surface area (Å²) in [5.74, 6) is -0.530. The largest absolute Gasteiger partial charge is 0.507 e. The van der Waals surface area contributed by atoms with Crippen molar-refractivity contribution in [2.75, 3.05) is 57.1 Å². The van der Waals surface area contributed by atoms with Gasteiger partial charge in [0.2, 0.25) is 0 Å². The van der Waals surface area contributed by atoms with Crippen molar-refractivity contribution < 1.29 is 24.2 Å². The lowest BCUT2D eigenvalue weighted by Crippen LogP contribution is -2.45. The number of esters is 1. The highest BCUT2D eigenvalue weighted by atomic mass is 35.5. The number of aromatic hydroxyl groups is 2. The molecule has 2 aliphatic rings. The highest BCUT2D eigenvalue weighted by Gasteiger charge is 2.38. The van der Waals surface area contributed by atoms with Gasteiger partial charge >= 0.3 is 5.97 Å². The van der Waals surface area contributed by atoms with Gasteiger partial charge in [0.05, 0.1) is 10.9 Å². The van der Waals surface area contributed by atoms with Gasteiger partial charge in [-0.1, -0.05) is 23.7 Å². The first-order valence-corrected chi connectivity index (χ1v) is 15.5. The summed E-state index contributed by atoms with van der Waals surface area (Å²) in [5, 5.41) is 22.2. The van der Waals surface area contributed by atoms with E-state index in [1.54, 1.807) is 30.5 Å². The van der Waals surface area contributed by atoms with Crippen LogP contribution in [0.1, 0.15) is 30.7 Å². The molecule has 2 aliphatic heterocycles. The number of likely N-dealkylation sites (N-methyl/N-ethyl adjacent to an activating group) is 1. The number of phenolic OH excluding ortho intramolecular Hbond substituents is 2. The van der Waals surface area contributed by atoms with Gasteiger partial charge in [-0.15, -0.1) is 0 Å². The lowest BCUT2D eigenvalue weighted by molar-refractivity contribution is -0.158. The number of ether oxygens (including phenoxy) is 1. The number of hydrogen-bond donors (Lipinski definition) is 2. The van der Waals surface area contributed by atoms with Gasteiger partial charge in [-0.3, -0.25) is 9.59 Å². The maximum Gasteiger partial charge on any atom is 0.309 e. The normalized spacial score (nSPS) is 19.5. The lowest BCUT2D eigenvalue weighted by Gasteiger charge is -2.38. The number of phenols is 2. The first-order chi connectivity index (χ1) is 21.6. The molecule has 0 aliphatic carbocycles. The topological polar surface area (TPSA) is 120 Å². The minimum Gasteiger partial charge on any atom is -0.507 e. The first-order valence-electron chi connectivity index (χ1n) is 15.2. The molecule has 11 heteroatoms. The molecule has 2 N–H and O–H groups in total. The minimum absolute atomic E-state index is 0.0384. The monoisotopic (exact) mass is 632 g/mol. The van der Waals surface area contributed by atoms with E-state index in [4.69, 9.17) is 20.8 Å². The molecule has 236 valence electrons. The number of carbonyl (C=O) groups excluding carboxylic acids is 1. The summed E-state index contributed by atoms with van der Waals surface area (Å²) >= 11 is 6.42. The number of rotatable bonds is 6. The molecule has 2 atom stereocenters. The Labute approximate surface area is 266 Å². The maximum atomic E-state index is 13.6. The van der Waals surface area contributed by atoms with Gasteiger partial charge < -0.3 is 34.1 Å². The van der Waals surface area contributed by atoms with Crippen LogP contribution in [0.2, 0.25) is 5.02 Å². The molecular weight excluding hydrogens is 596 g/mol. The number of nitrogens with zero attached hydrogens (tertiary/aromatic N) is 4. The van der Waals surface area contributed by atoms with Crippen LogP contribution >= 0.6 is 11.6 Å². The molecule has 2 aromatic carbocycles. The predicted octanol–water partition coefficient (Wildman–Crippen LogP) is 5.23. The number of benzene rings is 2. The smallest absolute Gasteiger partial charge is 0.309 e. The zero-order valence-corrected chi connectivity index (χ0v) is 26.3. The molecule has 0 saturated carbocycles. The number of piperidine rings is 2. The molecule has 10 nitrogen and oxygen atoms in total. The van der Waals surface area contributed by atoms with Crippen molar-refractivity contribution >= 4 is 40.0 Å². The van der Waals surface area contributed by atoms with Gasteiger partial charge in [-0.2, -0.15) is 0 Å². The molecule has 0 radical (unpaired) electrons. The van der Waals surface area contributed by atoms with Crippen molar-refractivity contribution in [3.8, 4) is 22.8 Å².